The summed E-state index contributed by atoms with van der Waals surface area (Å²) in [5.74, 6) is 0.784. The van der Waals surface area contributed by atoms with Crippen molar-refractivity contribution in [2.45, 2.75) is 6.92 Å². The number of hydrogen-bond acceptors (Lipinski definition) is 3. The van der Waals surface area contributed by atoms with Crippen LogP contribution < -0.4 is 0 Å². The molecule has 0 saturated carbocycles. The summed E-state index contributed by atoms with van der Waals surface area (Å²) in [5.41, 5.74) is 2.25. The van der Waals surface area contributed by atoms with Crippen molar-refractivity contribution >= 4 is 43.4 Å². The maximum atomic E-state index is 4.28. The quantitative estimate of drug-likeness (QED) is 0.787. The molecule has 2 aromatic rings. The second-order valence-corrected chi connectivity index (χ2v) is 5.77. The standard InChI is InChI=1S/C9H6Br2N2S/c1-5-4-6(10)2-3-7(5)8-12-9(11)14-13-8/h2-4H,1H3. The van der Waals surface area contributed by atoms with Crippen molar-refractivity contribution in [3.63, 3.8) is 0 Å². The first kappa shape index (κ1) is 10.3. The molecular formula is C9H6Br2N2S. The van der Waals surface area contributed by atoms with Gasteiger partial charge >= 0.3 is 0 Å². The minimum absolute atomic E-state index is 0.784. The van der Waals surface area contributed by atoms with Gasteiger partial charge in [-0.3, -0.25) is 0 Å². The molecule has 0 amide bonds. The summed E-state index contributed by atoms with van der Waals surface area (Å²) < 4.78 is 6.14. The van der Waals surface area contributed by atoms with Crippen molar-refractivity contribution in [3.8, 4) is 11.4 Å². The molecule has 2 nitrogen and oxygen atoms in total. The van der Waals surface area contributed by atoms with E-state index in [4.69, 9.17) is 0 Å². The molecule has 0 spiro atoms. The van der Waals surface area contributed by atoms with Crippen LogP contribution in [0, 0.1) is 6.92 Å². The number of nitrogens with zero attached hydrogens (tertiary/aromatic N) is 2. The van der Waals surface area contributed by atoms with E-state index in [-0.39, 0.29) is 0 Å². The lowest BCUT2D eigenvalue weighted by molar-refractivity contribution is 1.28. The molecule has 2 rings (SSSR count). The lowest BCUT2D eigenvalue weighted by Crippen LogP contribution is -1.84. The van der Waals surface area contributed by atoms with Crippen molar-refractivity contribution in [2.75, 3.05) is 0 Å². The molecule has 5 heteroatoms. The van der Waals surface area contributed by atoms with Crippen LogP contribution >= 0.6 is 43.4 Å². The monoisotopic (exact) mass is 332 g/mol. The van der Waals surface area contributed by atoms with Crippen LogP contribution in [-0.2, 0) is 0 Å². The van der Waals surface area contributed by atoms with Crippen LogP contribution in [0.2, 0.25) is 0 Å². The third kappa shape index (κ3) is 2.04. The molecule has 0 aliphatic rings. The SMILES string of the molecule is Cc1cc(Br)ccc1-c1nsc(Br)n1. The van der Waals surface area contributed by atoms with Gasteiger partial charge in [-0.2, -0.15) is 4.37 Å². The number of hydrogen-bond donors (Lipinski definition) is 0. The van der Waals surface area contributed by atoms with Crippen LogP contribution in [0.3, 0.4) is 0 Å². The Bertz CT molecular complexity index is 468. The van der Waals surface area contributed by atoms with Crippen molar-refractivity contribution in [3.05, 3.63) is 32.2 Å². The summed E-state index contributed by atoms with van der Waals surface area (Å²) in [6.07, 6.45) is 0. The van der Waals surface area contributed by atoms with Gasteiger partial charge in [0.1, 0.15) is 0 Å². The molecule has 0 bridgehead atoms. The van der Waals surface area contributed by atoms with Crippen LogP contribution in [-0.4, -0.2) is 9.36 Å². The van der Waals surface area contributed by atoms with Gasteiger partial charge < -0.3 is 0 Å². The summed E-state index contributed by atoms with van der Waals surface area (Å²) in [6.45, 7) is 2.05. The van der Waals surface area contributed by atoms with E-state index >= 15 is 0 Å². The molecule has 0 aliphatic carbocycles. The third-order valence-corrected chi connectivity index (χ3v) is 3.44. The number of halogens is 2. The Balaban J connectivity index is 2.52. The van der Waals surface area contributed by atoms with Gasteiger partial charge in [-0.25, -0.2) is 4.98 Å². The molecule has 72 valence electrons. The summed E-state index contributed by atoms with van der Waals surface area (Å²) in [6, 6.07) is 6.08. The average Bonchev–Trinajstić information content (AvgIpc) is 2.51. The van der Waals surface area contributed by atoms with Crippen LogP contribution in [0.1, 0.15) is 5.56 Å². The topological polar surface area (TPSA) is 25.8 Å². The Labute approximate surface area is 103 Å². The van der Waals surface area contributed by atoms with Gasteiger partial charge in [-0.05, 0) is 58.1 Å². The largest absolute Gasteiger partial charge is 0.208 e. The van der Waals surface area contributed by atoms with E-state index in [1.54, 1.807) is 0 Å². The molecule has 1 heterocycles. The zero-order chi connectivity index (χ0) is 10.1. The van der Waals surface area contributed by atoms with Gasteiger partial charge in [0, 0.05) is 10.0 Å². The Morgan fingerprint density at radius 3 is 2.64 bits per heavy atom. The first-order valence-corrected chi connectivity index (χ1v) is 6.28. The highest BCUT2D eigenvalue weighted by Gasteiger charge is 2.07. The Hall–Kier alpha value is -0.260. The van der Waals surface area contributed by atoms with E-state index in [0.717, 1.165) is 19.8 Å². The van der Waals surface area contributed by atoms with E-state index in [1.807, 2.05) is 12.1 Å². The van der Waals surface area contributed by atoms with E-state index in [1.165, 1.54) is 17.1 Å². The number of benzene rings is 1. The molecule has 0 fully saturated rings. The number of rotatable bonds is 1. The van der Waals surface area contributed by atoms with Crippen molar-refractivity contribution in [2.24, 2.45) is 0 Å². The number of aryl methyl sites for hydroxylation is 1. The summed E-state index contributed by atoms with van der Waals surface area (Å²) in [5, 5.41) is 0. The van der Waals surface area contributed by atoms with Crippen LogP contribution in [0.5, 0.6) is 0 Å². The molecule has 14 heavy (non-hydrogen) atoms. The fourth-order valence-corrected chi connectivity index (χ4v) is 2.48. The summed E-state index contributed by atoms with van der Waals surface area (Å²) in [4.78, 5) is 4.28. The molecule has 0 unspecified atom stereocenters. The predicted molar refractivity (Wildman–Crippen MR) is 65.5 cm³/mol. The number of aromatic nitrogens is 2. The van der Waals surface area contributed by atoms with Gasteiger partial charge in [-0.1, -0.05) is 15.9 Å². The van der Waals surface area contributed by atoms with E-state index in [0.29, 0.717) is 0 Å². The fraction of sp³-hybridized carbons (Fsp3) is 0.111. The summed E-state index contributed by atoms with van der Waals surface area (Å²) in [7, 11) is 0. The Morgan fingerprint density at radius 1 is 1.29 bits per heavy atom. The zero-order valence-corrected chi connectivity index (χ0v) is 11.3. The van der Waals surface area contributed by atoms with E-state index < -0.39 is 0 Å². The first-order chi connectivity index (χ1) is 6.66. The zero-order valence-electron chi connectivity index (χ0n) is 7.29. The van der Waals surface area contributed by atoms with E-state index in [9.17, 15) is 0 Å². The third-order valence-electron chi connectivity index (χ3n) is 1.83. The lowest BCUT2D eigenvalue weighted by atomic mass is 10.1. The van der Waals surface area contributed by atoms with Gasteiger partial charge in [0.05, 0.1) is 0 Å². The molecule has 0 N–H and O–H groups in total. The highest BCUT2D eigenvalue weighted by Crippen LogP contribution is 2.26. The second kappa shape index (κ2) is 4.08. The molecule has 0 aliphatic heterocycles. The van der Waals surface area contributed by atoms with Crippen LogP contribution in [0.4, 0.5) is 0 Å². The van der Waals surface area contributed by atoms with Crippen LogP contribution in [0.15, 0.2) is 26.6 Å². The molecule has 1 aromatic carbocycles. The van der Waals surface area contributed by atoms with Gasteiger partial charge in [0.25, 0.3) is 0 Å². The van der Waals surface area contributed by atoms with Crippen molar-refractivity contribution in [1.29, 1.82) is 0 Å². The van der Waals surface area contributed by atoms with Gasteiger partial charge in [0.15, 0.2) is 9.74 Å². The van der Waals surface area contributed by atoms with Crippen LogP contribution in [0.25, 0.3) is 11.4 Å². The Morgan fingerprint density at radius 2 is 2.07 bits per heavy atom. The minimum Gasteiger partial charge on any atom is -0.208 e. The lowest BCUT2D eigenvalue weighted by Gasteiger charge is -2.00. The smallest absolute Gasteiger partial charge is 0.179 e. The molecule has 0 saturated heterocycles. The molecule has 0 atom stereocenters. The minimum atomic E-state index is 0.784. The van der Waals surface area contributed by atoms with Crippen molar-refractivity contribution < 1.29 is 0 Å². The normalized spacial score (nSPS) is 10.5. The fourth-order valence-electron chi connectivity index (χ4n) is 1.19. The first-order valence-electron chi connectivity index (χ1n) is 3.92. The van der Waals surface area contributed by atoms with E-state index in [2.05, 4.69) is 54.2 Å². The predicted octanol–water partition coefficient (Wildman–Crippen LogP) is 4.04. The molecular weight excluding hydrogens is 328 g/mol. The molecule has 1 aromatic heterocycles. The highest BCUT2D eigenvalue weighted by molar-refractivity contribution is 9.11. The highest BCUT2D eigenvalue weighted by atomic mass is 79.9. The maximum Gasteiger partial charge on any atom is 0.179 e. The van der Waals surface area contributed by atoms with Gasteiger partial charge in [0.2, 0.25) is 0 Å². The van der Waals surface area contributed by atoms with Gasteiger partial charge in [-0.15, -0.1) is 0 Å². The second-order valence-electron chi connectivity index (χ2n) is 2.83. The van der Waals surface area contributed by atoms with Crippen molar-refractivity contribution in [1.82, 2.24) is 9.36 Å². The maximum absolute atomic E-state index is 4.28. The summed E-state index contributed by atoms with van der Waals surface area (Å²) >= 11 is 8.09. The molecule has 0 radical (unpaired) electrons. The Kier molecular flexibility index (Phi) is 2.99. The average molecular weight is 334 g/mol.